The van der Waals surface area contributed by atoms with Gasteiger partial charge in [0.1, 0.15) is 5.60 Å². The minimum atomic E-state index is -2.92. The maximum Gasteiger partial charge on any atom is 0.410 e. The van der Waals surface area contributed by atoms with Crippen molar-refractivity contribution in [1.82, 2.24) is 4.90 Å². The van der Waals surface area contributed by atoms with Gasteiger partial charge in [0, 0.05) is 37.9 Å². The van der Waals surface area contributed by atoms with Gasteiger partial charge in [0.15, 0.2) is 5.75 Å². The molecule has 0 aromatic heterocycles. The normalized spacial score (nSPS) is 15.6. The largest absolute Gasteiger partial charge is 0.444 e. The zero-order chi connectivity index (χ0) is 17.9. The number of rotatable bonds is 3. The fourth-order valence-corrected chi connectivity index (χ4v) is 2.44. The molecule has 134 valence electrons. The van der Waals surface area contributed by atoms with E-state index in [9.17, 15) is 13.6 Å². The second kappa shape index (κ2) is 7.11. The summed E-state index contributed by atoms with van der Waals surface area (Å²) in [4.78, 5) is 15.5. The Labute approximate surface area is 140 Å². The van der Waals surface area contributed by atoms with Gasteiger partial charge in [0.2, 0.25) is 0 Å². The van der Waals surface area contributed by atoms with E-state index in [1.807, 2.05) is 25.7 Å². The molecule has 1 aliphatic heterocycles. The molecule has 1 aliphatic rings. The van der Waals surface area contributed by atoms with Crippen LogP contribution in [-0.2, 0) is 4.74 Å². The molecule has 1 saturated heterocycles. The number of nitrogens with zero attached hydrogens (tertiary/aromatic N) is 2. The van der Waals surface area contributed by atoms with E-state index in [4.69, 9.17) is 10.5 Å². The summed E-state index contributed by atoms with van der Waals surface area (Å²) in [5.41, 5.74) is 5.97. The van der Waals surface area contributed by atoms with Crippen molar-refractivity contribution in [3.63, 3.8) is 0 Å². The Balaban J connectivity index is 2.03. The van der Waals surface area contributed by atoms with E-state index >= 15 is 0 Å². The summed E-state index contributed by atoms with van der Waals surface area (Å²) in [6.07, 6.45) is -0.372. The molecule has 0 saturated carbocycles. The molecule has 8 heteroatoms. The fourth-order valence-electron chi connectivity index (χ4n) is 2.44. The van der Waals surface area contributed by atoms with Crippen LogP contribution in [0.25, 0.3) is 0 Å². The number of anilines is 2. The Kier molecular flexibility index (Phi) is 5.36. The molecule has 0 radical (unpaired) electrons. The first-order valence-corrected chi connectivity index (χ1v) is 7.73. The van der Waals surface area contributed by atoms with Crippen LogP contribution in [0, 0.1) is 0 Å². The van der Waals surface area contributed by atoms with Crippen LogP contribution in [-0.4, -0.2) is 49.4 Å². The van der Waals surface area contributed by atoms with Crippen LogP contribution in [0.1, 0.15) is 20.8 Å². The number of ether oxygens (including phenoxy) is 2. The molecule has 1 heterocycles. The van der Waals surface area contributed by atoms with Crippen LogP contribution in [0.5, 0.6) is 5.75 Å². The number of hydrogen-bond donors (Lipinski definition) is 1. The van der Waals surface area contributed by atoms with Gasteiger partial charge in [0.05, 0.1) is 5.69 Å². The second-order valence-corrected chi connectivity index (χ2v) is 6.56. The van der Waals surface area contributed by atoms with Crippen LogP contribution in [0.2, 0.25) is 0 Å². The average Bonchev–Trinajstić information content (AvgIpc) is 2.45. The monoisotopic (exact) mass is 343 g/mol. The van der Waals surface area contributed by atoms with Crippen molar-refractivity contribution < 1.29 is 23.0 Å². The molecular formula is C16H23F2N3O3. The molecule has 0 bridgehead atoms. The van der Waals surface area contributed by atoms with Crippen molar-refractivity contribution in [3.05, 3.63) is 18.2 Å². The van der Waals surface area contributed by atoms with Crippen LogP contribution in [0.3, 0.4) is 0 Å². The Bertz CT molecular complexity index is 582. The molecule has 1 fully saturated rings. The van der Waals surface area contributed by atoms with E-state index in [0.717, 1.165) is 0 Å². The topological polar surface area (TPSA) is 68.0 Å². The molecule has 1 amide bonds. The van der Waals surface area contributed by atoms with Gasteiger partial charge in [0.25, 0.3) is 0 Å². The molecule has 24 heavy (non-hydrogen) atoms. The van der Waals surface area contributed by atoms with Gasteiger partial charge in [-0.05, 0) is 32.9 Å². The van der Waals surface area contributed by atoms with Gasteiger partial charge < -0.3 is 25.0 Å². The lowest BCUT2D eigenvalue weighted by Gasteiger charge is -2.37. The van der Waals surface area contributed by atoms with Crippen molar-refractivity contribution in [2.75, 3.05) is 36.8 Å². The maximum absolute atomic E-state index is 12.6. The summed E-state index contributed by atoms with van der Waals surface area (Å²) in [6.45, 7) is 4.36. The van der Waals surface area contributed by atoms with Crippen molar-refractivity contribution in [1.29, 1.82) is 0 Å². The third-order valence-electron chi connectivity index (χ3n) is 3.47. The molecule has 6 nitrogen and oxygen atoms in total. The van der Waals surface area contributed by atoms with Crippen LogP contribution in [0.4, 0.5) is 25.0 Å². The van der Waals surface area contributed by atoms with Gasteiger partial charge in [-0.15, -0.1) is 0 Å². The number of nitrogen functional groups attached to an aromatic ring is 1. The van der Waals surface area contributed by atoms with E-state index < -0.39 is 12.2 Å². The zero-order valence-electron chi connectivity index (χ0n) is 14.1. The third kappa shape index (κ3) is 4.87. The highest BCUT2D eigenvalue weighted by atomic mass is 19.3. The predicted octanol–water partition coefficient (Wildman–Crippen LogP) is 2.93. The molecule has 1 aromatic carbocycles. The van der Waals surface area contributed by atoms with Gasteiger partial charge >= 0.3 is 12.7 Å². The smallest absolute Gasteiger partial charge is 0.410 e. The first-order chi connectivity index (χ1) is 11.2. The van der Waals surface area contributed by atoms with Gasteiger partial charge in [-0.2, -0.15) is 8.78 Å². The number of alkyl halides is 2. The van der Waals surface area contributed by atoms with Gasteiger partial charge in [-0.1, -0.05) is 0 Å². The molecule has 2 N–H and O–H groups in total. The Morgan fingerprint density at radius 1 is 1.21 bits per heavy atom. The highest BCUT2D eigenvalue weighted by Gasteiger charge is 2.27. The number of nitrogens with two attached hydrogens (primary N) is 1. The number of amides is 1. The Morgan fingerprint density at radius 3 is 2.38 bits per heavy atom. The average molecular weight is 343 g/mol. The minimum absolute atomic E-state index is 0.0377. The lowest BCUT2D eigenvalue weighted by atomic mass is 10.2. The minimum Gasteiger partial charge on any atom is -0.444 e. The predicted molar refractivity (Wildman–Crippen MR) is 87.5 cm³/mol. The Hall–Kier alpha value is -2.25. The van der Waals surface area contributed by atoms with E-state index in [0.29, 0.717) is 37.6 Å². The highest BCUT2D eigenvalue weighted by molar-refractivity contribution is 5.69. The van der Waals surface area contributed by atoms with Crippen LogP contribution >= 0.6 is 0 Å². The van der Waals surface area contributed by atoms with E-state index in [1.165, 1.54) is 6.07 Å². The highest BCUT2D eigenvalue weighted by Crippen LogP contribution is 2.32. The standard InChI is InChI=1S/C16H23F2N3O3/c1-16(2,3)24-15(22)21-8-6-20(7-9-21)12-5-4-11(19)10-13(12)23-14(17)18/h4-5,10,14H,6-9,19H2,1-3H3. The van der Waals surface area contributed by atoms with Crippen LogP contribution in [0.15, 0.2) is 18.2 Å². The van der Waals surface area contributed by atoms with Crippen LogP contribution < -0.4 is 15.4 Å². The van der Waals surface area contributed by atoms with E-state index in [2.05, 4.69) is 4.74 Å². The molecule has 0 aliphatic carbocycles. The summed E-state index contributed by atoms with van der Waals surface area (Å²) < 4.78 is 35.0. The molecule has 0 atom stereocenters. The summed E-state index contributed by atoms with van der Waals surface area (Å²) in [5, 5.41) is 0. The first-order valence-electron chi connectivity index (χ1n) is 7.73. The number of carbonyl (C=O) groups is 1. The maximum atomic E-state index is 12.6. The summed E-state index contributed by atoms with van der Waals surface area (Å²) >= 11 is 0. The summed E-state index contributed by atoms with van der Waals surface area (Å²) in [6, 6.07) is 4.66. The number of piperazine rings is 1. The fraction of sp³-hybridized carbons (Fsp3) is 0.562. The second-order valence-electron chi connectivity index (χ2n) is 6.56. The summed E-state index contributed by atoms with van der Waals surface area (Å²) in [7, 11) is 0. The number of carbonyl (C=O) groups excluding carboxylic acids is 1. The lowest BCUT2D eigenvalue weighted by Crippen LogP contribution is -2.50. The molecule has 2 rings (SSSR count). The quantitative estimate of drug-likeness (QED) is 0.855. The molecule has 0 spiro atoms. The number of benzene rings is 1. The number of halogens is 2. The van der Waals surface area contributed by atoms with E-state index in [1.54, 1.807) is 17.0 Å². The van der Waals surface area contributed by atoms with Gasteiger partial charge in [-0.25, -0.2) is 4.79 Å². The number of hydrogen-bond acceptors (Lipinski definition) is 5. The van der Waals surface area contributed by atoms with E-state index in [-0.39, 0.29) is 11.8 Å². The molecule has 0 unspecified atom stereocenters. The SMILES string of the molecule is CC(C)(C)OC(=O)N1CCN(c2ccc(N)cc2OC(F)F)CC1. The molecular weight excluding hydrogens is 320 g/mol. The van der Waals surface area contributed by atoms with Crippen molar-refractivity contribution in [2.45, 2.75) is 33.0 Å². The first kappa shape index (κ1) is 18.1. The Morgan fingerprint density at radius 2 is 1.83 bits per heavy atom. The van der Waals surface area contributed by atoms with Crippen molar-refractivity contribution in [3.8, 4) is 5.75 Å². The van der Waals surface area contributed by atoms with Crippen molar-refractivity contribution >= 4 is 17.5 Å². The van der Waals surface area contributed by atoms with Gasteiger partial charge in [-0.3, -0.25) is 0 Å². The summed E-state index contributed by atoms with van der Waals surface area (Å²) in [5.74, 6) is 0.0377. The lowest BCUT2D eigenvalue weighted by molar-refractivity contribution is -0.0495. The third-order valence-corrected chi connectivity index (χ3v) is 3.47. The molecule has 1 aromatic rings. The van der Waals surface area contributed by atoms with Crippen molar-refractivity contribution in [2.24, 2.45) is 0 Å². The zero-order valence-corrected chi connectivity index (χ0v) is 14.1.